The lowest BCUT2D eigenvalue weighted by atomic mass is 10.0. The zero-order valence-electron chi connectivity index (χ0n) is 21.4. The molecule has 0 bridgehead atoms. The number of aliphatic hydroxyl groups is 1. The molecule has 0 radical (unpaired) electrons. The van der Waals surface area contributed by atoms with Gasteiger partial charge in [-0.05, 0) is 62.3 Å². The van der Waals surface area contributed by atoms with Crippen LogP contribution in [0.1, 0.15) is 31.2 Å². The van der Waals surface area contributed by atoms with Crippen molar-refractivity contribution in [2.24, 2.45) is 11.5 Å². The van der Waals surface area contributed by atoms with Crippen LogP contribution in [0.3, 0.4) is 0 Å². The van der Waals surface area contributed by atoms with Gasteiger partial charge in [0, 0.05) is 17.1 Å². The summed E-state index contributed by atoms with van der Waals surface area (Å²) in [6.45, 7) is -0.380. The fraction of sp³-hybridized carbons (Fsp3) is 0.520. The molecule has 4 unspecified atom stereocenters. The maximum Gasteiger partial charge on any atom is 0.328 e. The first-order valence-electron chi connectivity index (χ1n) is 12.5. The Morgan fingerprint density at radius 1 is 0.974 bits per heavy atom. The van der Waals surface area contributed by atoms with Gasteiger partial charge in [-0.15, -0.1) is 0 Å². The highest BCUT2D eigenvalue weighted by atomic mass is 32.2. The largest absolute Gasteiger partial charge is 0.480 e. The summed E-state index contributed by atoms with van der Waals surface area (Å²) in [5.74, 6) is -2.73. The summed E-state index contributed by atoms with van der Waals surface area (Å²) in [5, 5.41) is 26.9. The van der Waals surface area contributed by atoms with Crippen LogP contribution in [0.15, 0.2) is 30.5 Å². The molecule has 12 nitrogen and oxygen atoms in total. The number of H-pyrrole nitrogens is 1. The van der Waals surface area contributed by atoms with Crippen LogP contribution in [0.25, 0.3) is 10.9 Å². The summed E-state index contributed by atoms with van der Waals surface area (Å²) >= 11 is 1.45. The number of benzene rings is 1. The summed E-state index contributed by atoms with van der Waals surface area (Å²) in [6, 6.07) is 3.20. The molecule has 2 rings (SSSR count). The van der Waals surface area contributed by atoms with Crippen LogP contribution in [0.5, 0.6) is 0 Å². The van der Waals surface area contributed by atoms with Gasteiger partial charge in [-0.1, -0.05) is 18.2 Å². The van der Waals surface area contributed by atoms with Crippen LogP contribution in [0.2, 0.25) is 0 Å². The zero-order chi connectivity index (χ0) is 28.1. The molecule has 0 saturated heterocycles. The van der Waals surface area contributed by atoms with Crippen LogP contribution in [0.4, 0.5) is 0 Å². The Bertz CT molecular complexity index is 1080. The van der Waals surface area contributed by atoms with Gasteiger partial charge in [-0.25, -0.2) is 4.79 Å². The maximum atomic E-state index is 13.2. The minimum atomic E-state index is -1.50. The number of nitrogens with two attached hydrogens (primary N) is 2. The molecular formula is C25H38N6O6S. The number of para-hydroxylation sites is 1. The zero-order valence-corrected chi connectivity index (χ0v) is 22.3. The Morgan fingerprint density at radius 2 is 1.61 bits per heavy atom. The van der Waals surface area contributed by atoms with E-state index < -0.39 is 54.5 Å². The average Bonchev–Trinajstić information content (AvgIpc) is 3.31. The van der Waals surface area contributed by atoms with Crippen molar-refractivity contribution in [1.82, 2.24) is 20.9 Å². The average molecular weight is 551 g/mol. The molecule has 0 aliphatic rings. The van der Waals surface area contributed by atoms with Crippen LogP contribution >= 0.6 is 11.8 Å². The van der Waals surface area contributed by atoms with Gasteiger partial charge in [0.25, 0.3) is 0 Å². The lowest BCUT2D eigenvalue weighted by Gasteiger charge is -2.25. The number of carboxylic acid groups (broad SMARTS) is 1. The second-order valence-electron chi connectivity index (χ2n) is 8.94. The molecule has 1 aromatic heterocycles. The lowest BCUT2D eigenvalue weighted by Crippen LogP contribution is -2.57. The van der Waals surface area contributed by atoms with E-state index in [2.05, 4.69) is 20.9 Å². The van der Waals surface area contributed by atoms with E-state index in [4.69, 9.17) is 16.6 Å². The molecular weight excluding hydrogens is 512 g/mol. The fourth-order valence-electron chi connectivity index (χ4n) is 3.91. The van der Waals surface area contributed by atoms with E-state index in [0.29, 0.717) is 25.1 Å². The van der Waals surface area contributed by atoms with Gasteiger partial charge in [-0.3, -0.25) is 14.4 Å². The van der Waals surface area contributed by atoms with E-state index >= 15 is 0 Å². The minimum absolute atomic E-state index is 0.222. The van der Waals surface area contributed by atoms with Crippen molar-refractivity contribution in [2.75, 3.05) is 25.2 Å². The Balaban J connectivity index is 2.11. The Morgan fingerprint density at radius 3 is 2.24 bits per heavy atom. The number of fused-ring (bicyclic) bond motifs is 1. The minimum Gasteiger partial charge on any atom is -0.480 e. The number of unbranched alkanes of at least 4 members (excludes halogenated alkanes) is 1. The van der Waals surface area contributed by atoms with Gasteiger partial charge in [0.2, 0.25) is 17.7 Å². The van der Waals surface area contributed by atoms with Crippen molar-refractivity contribution in [3.8, 4) is 0 Å². The molecule has 1 heterocycles. The molecule has 0 saturated carbocycles. The van der Waals surface area contributed by atoms with Gasteiger partial charge < -0.3 is 42.6 Å². The topological polar surface area (TPSA) is 213 Å². The van der Waals surface area contributed by atoms with Gasteiger partial charge in [0.1, 0.15) is 18.1 Å². The Kier molecular flexibility index (Phi) is 13.1. The van der Waals surface area contributed by atoms with Crippen molar-refractivity contribution in [1.29, 1.82) is 0 Å². The predicted octanol–water partition coefficient (Wildman–Crippen LogP) is -0.549. The van der Waals surface area contributed by atoms with E-state index in [0.717, 1.165) is 16.5 Å². The molecule has 0 fully saturated rings. The molecule has 3 amide bonds. The van der Waals surface area contributed by atoms with Crippen LogP contribution in [-0.2, 0) is 25.6 Å². The van der Waals surface area contributed by atoms with Gasteiger partial charge >= 0.3 is 5.97 Å². The number of carboxylic acids is 1. The van der Waals surface area contributed by atoms with Crippen molar-refractivity contribution < 1.29 is 29.4 Å². The Hall–Kier alpha value is -3.13. The number of rotatable bonds is 17. The molecule has 0 aliphatic heterocycles. The van der Waals surface area contributed by atoms with Gasteiger partial charge in [0.15, 0.2) is 0 Å². The number of thioether (sulfide) groups is 1. The molecule has 4 atom stereocenters. The quantitative estimate of drug-likeness (QED) is 0.119. The van der Waals surface area contributed by atoms with E-state index in [1.54, 1.807) is 6.20 Å². The fourth-order valence-corrected chi connectivity index (χ4v) is 4.38. The molecule has 1 aromatic carbocycles. The van der Waals surface area contributed by atoms with Gasteiger partial charge in [-0.2, -0.15) is 11.8 Å². The number of carbonyl (C=O) groups excluding carboxylic acids is 3. The smallest absolute Gasteiger partial charge is 0.328 e. The molecule has 2 aromatic rings. The number of amides is 3. The highest BCUT2D eigenvalue weighted by molar-refractivity contribution is 7.98. The molecule has 0 spiro atoms. The third-order valence-corrected chi connectivity index (χ3v) is 6.72. The first kappa shape index (κ1) is 31.1. The van der Waals surface area contributed by atoms with Crippen molar-refractivity contribution in [3.05, 3.63) is 36.0 Å². The predicted molar refractivity (Wildman–Crippen MR) is 146 cm³/mol. The normalized spacial score (nSPS) is 14.3. The van der Waals surface area contributed by atoms with E-state index in [-0.39, 0.29) is 19.3 Å². The number of aliphatic hydroxyl groups excluding tert-OH is 1. The number of nitrogens with one attached hydrogen (secondary N) is 4. The first-order chi connectivity index (χ1) is 18.2. The lowest BCUT2D eigenvalue weighted by molar-refractivity contribution is -0.143. The third-order valence-electron chi connectivity index (χ3n) is 6.07. The number of aromatic amines is 1. The molecule has 0 aliphatic carbocycles. The summed E-state index contributed by atoms with van der Waals surface area (Å²) in [5.41, 5.74) is 13.6. The highest BCUT2D eigenvalue weighted by Gasteiger charge is 2.30. The van der Waals surface area contributed by atoms with Crippen LogP contribution < -0.4 is 27.4 Å². The number of hydrogen-bond donors (Lipinski definition) is 8. The van der Waals surface area contributed by atoms with Crippen molar-refractivity contribution in [2.45, 2.75) is 56.3 Å². The second-order valence-corrected chi connectivity index (χ2v) is 9.93. The van der Waals surface area contributed by atoms with Crippen LogP contribution in [0, 0.1) is 0 Å². The van der Waals surface area contributed by atoms with E-state index in [9.17, 15) is 24.3 Å². The molecule has 38 heavy (non-hydrogen) atoms. The molecule has 210 valence electrons. The summed E-state index contributed by atoms with van der Waals surface area (Å²) in [6.07, 6.45) is 5.57. The standard InChI is InChI=1S/C25H38N6O6S/c1-38-11-9-20(24(35)31-21(14-32)25(36)37)30-23(34)19(8-4-5-10-26)29-22(33)17(27)12-15-13-28-18-7-3-2-6-16(15)18/h2-3,6-7,13,17,19-21,28,32H,4-5,8-12,14,26-27H2,1H3,(H,29,33)(H,30,34)(H,31,35)(H,36,37). The van der Waals surface area contributed by atoms with E-state index in [1.807, 2.05) is 30.5 Å². The van der Waals surface area contributed by atoms with Crippen LogP contribution in [-0.4, -0.2) is 88.2 Å². The van der Waals surface area contributed by atoms with Crippen molar-refractivity contribution in [3.63, 3.8) is 0 Å². The highest BCUT2D eigenvalue weighted by Crippen LogP contribution is 2.19. The molecule has 10 N–H and O–H groups in total. The number of aromatic nitrogens is 1. The monoisotopic (exact) mass is 550 g/mol. The number of aliphatic carboxylic acids is 1. The van der Waals surface area contributed by atoms with E-state index in [1.165, 1.54) is 11.8 Å². The van der Waals surface area contributed by atoms with Gasteiger partial charge in [0.05, 0.1) is 12.6 Å². The maximum absolute atomic E-state index is 13.2. The summed E-state index contributed by atoms with van der Waals surface area (Å²) in [7, 11) is 0. The second kappa shape index (κ2) is 16.0. The summed E-state index contributed by atoms with van der Waals surface area (Å²) < 4.78 is 0. The SMILES string of the molecule is CSCCC(NC(=O)C(CCCCN)NC(=O)C(N)Cc1c[nH]c2ccccc12)C(=O)NC(CO)C(=O)O. The number of carbonyl (C=O) groups is 4. The molecule has 13 heteroatoms. The summed E-state index contributed by atoms with van der Waals surface area (Å²) in [4.78, 5) is 53.3. The number of hydrogen-bond acceptors (Lipinski definition) is 8. The van der Waals surface area contributed by atoms with Crippen molar-refractivity contribution >= 4 is 46.4 Å². The Labute approximate surface area is 225 Å². The first-order valence-corrected chi connectivity index (χ1v) is 13.9. The third kappa shape index (κ3) is 9.31.